The zero-order valence-corrected chi connectivity index (χ0v) is 21.0. The summed E-state index contributed by atoms with van der Waals surface area (Å²) in [6.45, 7) is 5.26. The number of ether oxygens (including phenoxy) is 2. The van der Waals surface area contributed by atoms with Crippen molar-refractivity contribution in [3.05, 3.63) is 48.0 Å². The van der Waals surface area contributed by atoms with Crippen molar-refractivity contribution in [3.63, 3.8) is 0 Å². The first kappa shape index (κ1) is 23.9. The average molecular weight is 477 g/mol. The summed E-state index contributed by atoms with van der Waals surface area (Å²) in [4.78, 5) is 28.4. The number of likely N-dealkylation sites (tertiary alicyclic amines) is 1. The summed E-state index contributed by atoms with van der Waals surface area (Å²) in [6, 6.07) is 14.3. The van der Waals surface area contributed by atoms with Crippen molar-refractivity contribution in [3.8, 4) is 16.9 Å². The van der Waals surface area contributed by atoms with Crippen LogP contribution in [0.4, 0.5) is 5.69 Å². The van der Waals surface area contributed by atoms with Gasteiger partial charge in [-0.05, 0) is 86.9 Å². The Hall–Kier alpha value is -2.86. The molecule has 1 N–H and O–H groups in total. The van der Waals surface area contributed by atoms with Gasteiger partial charge in [0.15, 0.2) is 0 Å². The van der Waals surface area contributed by atoms with E-state index < -0.39 is 5.41 Å². The van der Waals surface area contributed by atoms with E-state index in [1.165, 1.54) is 0 Å². The molecule has 2 heterocycles. The van der Waals surface area contributed by atoms with E-state index in [9.17, 15) is 9.59 Å². The van der Waals surface area contributed by atoms with Crippen LogP contribution >= 0.6 is 0 Å². The van der Waals surface area contributed by atoms with E-state index in [2.05, 4.69) is 29.6 Å². The first-order chi connectivity index (χ1) is 16.9. The van der Waals surface area contributed by atoms with Crippen LogP contribution in [0.3, 0.4) is 0 Å². The van der Waals surface area contributed by atoms with Gasteiger partial charge < -0.3 is 19.7 Å². The zero-order chi connectivity index (χ0) is 24.6. The largest absolute Gasteiger partial charge is 0.491 e. The molecule has 186 valence electrons. The lowest BCUT2D eigenvalue weighted by atomic mass is 9.73. The third-order valence-electron chi connectivity index (χ3n) is 8.01. The number of methoxy groups -OCH3 is 1. The number of piperidine rings is 1. The minimum atomic E-state index is -0.565. The number of amides is 2. The maximum atomic E-state index is 13.2. The Morgan fingerprint density at radius 1 is 1.06 bits per heavy atom. The molecule has 2 aromatic carbocycles. The highest BCUT2D eigenvalue weighted by atomic mass is 16.5. The molecule has 2 aliphatic heterocycles. The molecule has 0 radical (unpaired) electrons. The third kappa shape index (κ3) is 4.56. The fraction of sp³-hybridized carbons (Fsp3) is 0.517. The molecule has 2 amide bonds. The van der Waals surface area contributed by atoms with Crippen molar-refractivity contribution in [2.24, 2.45) is 5.92 Å². The minimum absolute atomic E-state index is 0.0432. The Bertz CT molecular complexity index is 1090. The van der Waals surface area contributed by atoms with E-state index in [0.717, 1.165) is 53.8 Å². The Balaban J connectivity index is 1.32. The number of nitrogens with one attached hydrogen (secondary N) is 1. The molecule has 6 heteroatoms. The maximum absolute atomic E-state index is 13.2. The quantitative estimate of drug-likeness (QED) is 0.647. The molecule has 0 bridgehead atoms. The second kappa shape index (κ2) is 9.65. The first-order valence-corrected chi connectivity index (χ1v) is 12.9. The van der Waals surface area contributed by atoms with E-state index in [1.54, 1.807) is 7.11 Å². The van der Waals surface area contributed by atoms with Crippen LogP contribution in [0, 0.1) is 5.92 Å². The predicted molar refractivity (Wildman–Crippen MR) is 137 cm³/mol. The molecular weight excluding hydrogens is 440 g/mol. The molecular formula is C29H36N2O4. The lowest BCUT2D eigenvalue weighted by Crippen LogP contribution is -2.50. The number of hydrogen-bond donors (Lipinski definition) is 1. The van der Waals surface area contributed by atoms with Crippen LogP contribution in [0.5, 0.6) is 5.75 Å². The number of anilines is 1. The summed E-state index contributed by atoms with van der Waals surface area (Å²) < 4.78 is 11.3. The molecule has 0 aromatic heterocycles. The molecule has 1 spiro atoms. The monoisotopic (exact) mass is 476 g/mol. The van der Waals surface area contributed by atoms with Gasteiger partial charge in [0.2, 0.25) is 11.8 Å². The Labute approximate surface area is 208 Å². The van der Waals surface area contributed by atoms with E-state index in [1.807, 2.05) is 36.9 Å². The summed E-state index contributed by atoms with van der Waals surface area (Å²) in [5.74, 6) is 1.19. The van der Waals surface area contributed by atoms with Gasteiger partial charge in [-0.3, -0.25) is 9.59 Å². The normalized spacial score (nSPS) is 23.3. The van der Waals surface area contributed by atoms with Crippen LogP contribution in [0.2, 0.25) is 0 Å². The molecule has 2 aromatic rings. The fourth-order valence-corrected chi connectivity index (χ4v) is 6.04. The molecule has 35 heavy (non-hydrogen) atoms. The van der Waals surface area contributed by atoms with Crippen LogP contribution in [0.25, 0.3) is 11.1 Å². The molecule has 2 atom stereocenters. The smallest absolute Gasteiger partial charge is 0.235 e. The number of carbonyl (C=O) groups is 2. The van der Waals surface area contributed by atoms with Crippen LogP contribution in [0.1, 0.15) is 57.9 Å². The van der Waals surface area contributed by atoms with E-state index in [-0.39, 0.29) is 29.9 Å². The van der Waals surface area contributed by atoms with Gasteiger partial charge >= 0.3 is 0 Å². The molecule has 2 fully saturated rings. The number of nitrogens with zero attached hydrogens (tertiary/aromatic N) is 1. The number of benzene rings is 2. The fourth-order valence-electron chi connectivity index (χ4n) is 6.04. The lowest BCUT2D eigenvalue weighted by molar-refractivity contribution is -0.141. The Morgan fingerprint density at radius 2 is 1.77 bits per heavy atom. The van der Waals surface area contributed by atoms with Crippen molar-refractivity contribution in [2.75, 3.05) is 25.5 Å². The van der Waals surface area contributed by atoms with Gasteiger partial charge in [0.1, 0.15) is 5.75 Å². The van der Waals surface area contributed by atoms with E-state index in [4.69, 9.17) is 9.47 Å². The van der Waals surface area contributed by atoms with Gasteiger partial charge in [-0.1, -0.05) is 24.6 Å². The number of carbonyl (C=O) groups excluding carboxylic acids is 2. The van der Waals surface area contributed by atoms with Crippen LogP contribution in [0.15, 0.2) is 42.5 Å². The second-order valence-electron chi connectivity index (χ2n) is 10.5. The number of fused-ring (bicyclic) bond motifs is 2. The van der Waals surface area contributed by atoms with E-state index in [0.29, 0.717) is 25.9 Å². The summed E-state index contributed by atoms with van der Waals surface area (Å²) in [6.07, 6.45) is 5.45. The molecule has 1 saturated heterocycles. The highest BCUT2D eigenvalue weighted by molar-refractivity contribution is 6.07. The van der Waals surface area contributed by atoms with Gasteiger partial charge in [-0.25, -0.2) is 0 Å². The Kier molecular flexibility index (Phi) is 6.58. The highest BCUT2D eigenvalue weighted by Gasteiger charge is 2.49. The minimum Gasteiger partial charge on any atom is -0.491 e. The van der Waals surface area contributed by atoms with Crippen molar-refractivity contribution in [2.45, 2.75) is 70.0 Å². The van der Waals surface area contributed by atoms with E-state index >= 15 is 0 Å². The van der Waals surface area contributed by atoms with Crippen molar-refractivity contribution in [1.29, 1.82) is 0 Å². The third-order valence-corrected chi connectivity index (χ3v) is 8.01. The molecule has 6 nitrogen and oxygen atoms in total. The predicted octanol–water partition coefficient (Wildman–Crippen LogP) is 5.16. The second-order valence-corrected chi connectivity index (χ2v) is 10.5. The number of hydrogen-bond acceptors (Lipinski definition) is 4. The molecule has 0 unspecified atom stereocenters. The summed E-state index contributed by atoms with van der Waals surface area (Å²) in [5, 5.41) is 3.11. The molecule has 1 saturated carbocycles. The zero-order valence-electron chi connectivity index (χ0n) is 21.0. The summed E-state index contributed by atoms with van der Waals surface area (Å²) in [7, 11) is 1.74. The average Bonchev–Trinajstić information content (AvgIpc) is 3.14. The van der Waals surface area contributed by atoms with Gasteiger partial charge in [-0.15, -0.1) is 0 Å². The first-order valence-electron chi connectivity index (χ1n) is 12.9. The number of rotatable bonds is 5. The van der Waals surface area contributed by atoms with Crippen molar-refractivity contribution < 1.29 is 19.1 Å². The lowest BCUT2D eigenvalue weighted by Gasteiger charge is -2.40. The highest BCUT2D eigenvalue weighted by Crippen LogP contribution is 2.46. The van der Waals surface area contributed by atoms with Gasteiger partial charge in [0, 0.05) is 31.8 Å². The van der Waals surface area contributed by atoms with Crippen LogP contribution < -0.4 is 10.1 Å². The van der Waals surface area contributed by atoms with Gasteiger partial charge in [0.25, 0.3) is 0 Å². The summed E-state index contributed by atoms with van der Waals surface area (Å²) in [5.41, 5.74) is 3.57. The SMILES string of the molecule is CO[C@@H]1CCC[C@@H](C(=O)N2CCC3(CC2)C(=O)Nc2ccc(-c4ccc(OC(C)C)cc4)cc23)C1. The molecule has 5 rings (SSSR count). The Morgan fingerprint density at radius 3 is 2.46 bits per heavy atom. The topological polar surface area (TPSA) is 67.9 Å². The van der Waals surface area contributed by atoms with Crippen molar-refractivity contribution >= 4 is 17.5 Å². The van der Waals surface area contributed by atoms with Crippen LogP contribution in [-0.4, -0.2) is 49.1 Å². The standard InChI is InChI=1S/C29H36N2O4/c1-19(2)35-23-10-7-20(8-11-23)21-9-12-26-25(18-21)29(28(33)30-26)13-15-31(16-14-29)27(32)22-5-4-6-24(17-22)34-3/h7-12,18-19,22,24H,4-6,13-17H2,1-3H3,(H,30,33)/t22-,24-/m1/s1. The van der Waals surface area contributed by atoms with Crippen LogP contribution in [-0.2, 0) is 19.7 Å². The van der Waals surface area contributed by atoms with Crippen molar-refractivity contribution in [1.82, 2.24) is 4.90 Å². The maximum Gasteiger partial charge on any atom is 0.235 e. The van der Waals surface area contributed by atoms with Gasteiger partial charge in [-0.2, -0.15) is 0 Å². The molecule has 1 aliphatic carbocycles. The molecule has 3 aliphatic rings. The summed E-state index contributed by atoms with van der Waals surface area (Å²) >= 11 is 0. The van der Waals surface area contributed by atoms with Gasteiger partial charge in [0.05, 0.1) is 17.6 Å².